The van der Waals surface area contributed by atoms with Gasteiger partial charge in [-0.1, -0.05) is 30.3 Å². The van der Waals surface area contributed by atoms with Crippen LogP contribution in [0.1, 0.15) is 5.56 Å². The lowest BCUT2D eigenvalue weighted by atomic mass is 10.2. The fraction of sp³-hybridized carbons (Fsp3) is 0.0667. The Morgan fingerprint density at radius 3 is 2.68 bits per heavy atom. The number of fused-ring (bicyclic) bond motifs is 1. The number of nitrogen functional groups attached to an aromatic ring is 1. The van der Waals surface area contributed by atoms with Crippen molar-refractivity contribution >= 4 is 16.6 Å². The number of hydrogen-bond donors (Lipinski definition) is 3. The third kappa shape index (κ3) is 2.20. The molecule has 0 spiro atoms. The molecule has 0 radical (unpaired) electrons. The number of aromatic nitrogens is 1. The second-order valence-corrected chi connectivity index (χ2v) is 4.48. The minimum Gasteiger partial charge on any atom is -0.506 e. The molecule has 0 fully saturated rings. The Balaban J connectivity index is 1.87. The number of nitrogens with zero attached hydrogens (tertiary/aromatic N) is 1. The first-order chi connectivity index (χ1) is 9.24. The van der Waals surface area contributed by atoms with Crippen molar-refractivity contribution in [3.05, 3.63) is 60.3 Å². The van der Waals surface area contributed by atoms with Gasteiger partial charge in [0.25, 0.3) is 0 Å². The fourth-order valence-electron chi connectivity index (χ4n) is 2.10. The van der Waals surface area contributed by atoms with Crippen LogP contribution in [-0.4, -0.2) is 9.78 Å². The largest absolute Gasteiger partial charge is 0.506 e. The maximum absolute atomic E-state index is 9.68. The first-order valence-electron chi connectivity index (χ1n) is 6.11. The first-order valence-corrected chi connectivity index (χ1v) is 6.11. The van der Waals surface area contributed by atoms with Crippen molar-refractivity contribution in [1.29, 1.82) is 0 Å². The van der Waals surface area contributed by atoms with E-state index in [0.29, 0.717) is 5.69 Å². The zero-order chi connectivity index (χ0) is 13.2. The van der Waals surface area contributed by atoms with E-state index in [1.165, 1.54) is 5.56 Å². The molecule has 0 aliphatic heterocycles. The summed E-state index contributed by atoms with van der Waals surface area (Å²) in [6.45, 7) is 0.718. The highest BCUT2D eigenvalue weighted by molar-refractivity contribution is 5.86. The van der Waals surface area contributed by atoms with Gasteiger partial charge in [-0.05, 0) is 17.7 Å². The minimum absolute atomic E-state index is 0.106. The lowest BCUT2D eigenvalue weighted by Gasteiger charge is -2.10. The van der Waals surface area contributed by atoms with Gasteiger partial charge in [-0.15, -0.1) is 0 Å². The van der Waals surface area contributed by atoms with Crippen molar-refractivity contribution in [3.8, 4) is 5.75 Å². The van der Waals surface area contributed by atoms with Crippen LogP contribution in [-0.2, 0) is 6.54 Å². The van der Waals surface area contributed by atoms with Gasteiger partial charge in [-0.2, -0.15) is 0 Å². The van der Waals surface area contributed by atoms with Crippen molar-refractivity contribution in [2.45, 2.75) is 6.54 Å². The summed E-state index contributed by atoms with van der Waals surface area (Å²) >= 11 is 0. The molecule has 0 aliphatic carbocycles. The number of nitrogens with two attached hydrogens (primary N) is 1. The van der Waals surface area contributed by atoms with Gasteiger partial charge in [-0.25, -0.2) is 0 Å². The molecular weight excluding hydrogens is 238 g/mol. The summed E-state index contributed by atoms with van der Waals surface area (Å²) in [5.41, 5.74) is 11.5. The van der Waals surface area contributed by atoms with E-state index in [1.54, 1.807) is 12.1 Å². The molecule has 4 heteroatoms. The highest BCUT2D eigenvalue weighted by atomic mass is 16.3. The standard InChI is InChI=1S/C15H15N3O/c16-13-8-12-6-7-18(14(12)9-15(13)19)17-10-11-4-2-1-3-5-11/h1-9,17,19H,10,16H2. The summed E-state index contributed by atoms with van der Waals surface area (Å²) < 4.78 is 1.89. The number of rotatable bonds is 3. The lowest BCUT2D eigenvalue weighted by molar-refractivity contribution is 0.478. The summed E-state index contributed by atoms with van der Waals surface area (Å²) in [5, 5.41) is 10.7. The van der Waals surface area contributed by atoms with Crippen LogP contribution in [0.2, 0.25) is 0 Å². The normalized spacial score (nSPS) is 10.7. The molecule has 4 N–H and O–H groups in total. The Labute approximate surface area is 111 Å². The Hall–Kier alpha value is -2.62. The summed E-state index contributed by atoms with van der Waals surface area (Å²) in [4.78, 5) is 0. The average molecular weight is 253 g/mol. The molecule has 2 aromatic carbocycles. The summed E-state index contributed by atoms with van der Waals surface area (Å²) in [6.07, 6.45) is 1.92. The zero-order valence-corrected chi connectivity index (χ0v) is 10.4. The maximum Gasteiger partial charge on any atom is 0.140 e. The van der Waals surface area contributed by atoms with E-state index in [0.717, 1.165) is 17.4 Å². The van der Waals surface area contributed by atoms with Crippen LogP contribution in [0.15, 0.2) is 54.7 Å². The number of aromatic hydroxyl groups is 1. The molecule has 0 bridgehead atoms. The van der Waals surface area contributed by atoms with Gasteiger partial charge in [0.15, 0.2) is 0 Å². The van der Waals surface area contributed by atoms with E-state index in [2.05, 4.69) is 17.6 Å². The number of nitrogens with one attached hydrogen (secondary N) is 1. The van der Waals surface area contributed by atoms with Crippen LogP contribution >= 0.6 is 0 Å². The third-order valence-corrected chi connectivity index (χ3v) is 3.14. The second-order valence-electron chi connectivity index (χ2n) is 4.48. The van der Waals surface area contributed by atoms with Gasteiger partial charge < -0.3 is 16.3 Å². The molecule has 0 saturated heterocycles. The predicted molar refractivity (Wildman–Crippen MR) is 77.5 cm³/mol. The molecule has 96 valence electrons. The number of hydrogen-bond acceptors (Lipinski definition) is 3. The Morgan fingerprint density at radius 1 is 1.11 bits per heavy atom. The summed E-state index contributed by atoms with van der Waals surface area (Å²) in [5.74, 6) is 0.106. The quantitative estimate of drug-likeness (QED) is 0.496. The fourth-order valence-corrected chi connectivity index (χ4v) is 2.10. The van der Waals surface area contributed by atoms with Gasteiger partial charge in [0.05, 0.1) is 17.7 Å². The van der Waals surface area contributed by atoms with E-state index in [9.17, 15) is 5.11 Å². The monoisotopic (exact) mass is 253 g/mol. The smallest absolute Gasteiger partial charge is 0.140 e. The Morgan fingerprint density at radius 2 is 1.89 bits per heavy atom. The number of phenolic OH excluding ortho intramolecular Hbond substituents is 1. The van der Waals surface area contributed by atoms with Gasteiger partial charge in [-0.3, -0.25) is 4.68 Å². The van der Waals surface area contributed by atoms with E-state index < -0.39 is 0 Å². The Bertz CT molecular complexity index is 704. The molecule has 4 nitrogen and oxygen atoms in total. The van der Waals surface area contributed by atoms with E-state index in [4.69, 9.17) is 5.73 Å². The molecule has 1 aromatic heterocycles. The topological polar surface area (TPSA) is 63.2 Å². The summed E-state index contributed by atoms with van der Waals surface area (Å²) in [7, 11) is 0. The third-order valence-electron chi connectivity index (χ3n) is 3.14. The van der Waals surface area contributed by atoms with Crippen molar-refractivity contribution in [2.75, 3.05) is 11.2 Å². The van der Waals surface area contributed by atoms with E-state index >= 15 is 0 Å². The molecule has 0 unspecified atom stereocenters. The maximum atomic E-state index is 9.68. The predicted octanol–water partition coefficient (Wildman–Crippen LogP) is 2.67. The van der Waals surface area contributed by atoms with Crippen LogP contribution in [0.3, 0.4) is 0 Å². The van der Waals surface area contributed by atoms with Crippen molar-refractivity contribution in [2.24, 2.45) is 0 Å². The molecule has 0 amide bonds. The molecule has 0 saturated carbocycles. The molecule has 0 atom stereocenters. The SMILES string of the molecule is Nc1cc2ccn(NCc3ccccc3)c2cc1O. The van der Waals surface area contributed by atoms with Crippen LogP contribution in [0.4, 0.5) is 5.69 Å². The van der Waals surface area contributed by atoms with Gasteiger partial charge in [0.2, 0.25) is 0 Å². The van der Waals surface area contributed by atoms with Crippen LogP contribution < -0.4 is 11.2 Å². The highest BCUT2D eigenvalue weighted by Gasteiger charge is 2.05. The molecule has 0 aliphatic rings. The second kappa shape index (κ2) is 4.57. The Kier molecular flexibility index (Phi) is 2.76. The average Bonchev–Trinajstić information content (AvgIpc) is 2.80. The molecule has 1 heterocycles. The first kappa shape index (κ1) is 11.5. The molecule has 19 heavy (non-hydrogen) atoms. The van der Waals surface area contributed by atoms with Crippen molar-refractivity contribution < 1.29 is 5.11 Å². The molecule has 3 aromatic rings. The number of phenols is 1. The number of anilines is 1. The van der Waals surface area contributed by atoms with Crippen molar-refractivity contribution in [3.63, 3.8) is 0 Å². The number of benzene rings is 2. The summed E-state index contributed by atoms with van der Waals surface area (Å²) in [6, 6.07) is 15.5. The molecule has 3 rings (SSSR count). The van der Waals surface area contributed by atoms with Crippen LogP contribution in [0.25, 0.3) is 10.9 Å². The van der Waals surface area contributed by atoms with E-state index in [-0.39, 0.29) is 5.75 Å². The zero-order valence-electron chi connectivity index (χ0n) is 10.4. The van der Waals surface area contributed by atoms with Crippen LogP contribution in [0.5, 0.6) is 5.75 Å². The van der Waals surface area contributed by atoms with E-state index in [1.807, 2.05) is 35.1 Å². The minimum atomic E-state index is 0.106. The molecular formula is C15H15N3O. The van der Waals surface area contributed by atoms with Gasteiger partial charge in [0, 0.05) is 17.6 Å². The van der Waals surface area contributed by atoms with Gasteiger partial charge >= 0.3 is 0 Å². The lowest BCUT2D eigenvalue weighted by Crippen LogP contribution is -2.12. The van der Waals surface area contributed by atoms with Crippen molar-refractivity contribution in [1.82, 2.24) is 4.68 Å². The highest BCUT2D eigenvalue weighted by Crippen LogP contribution is 2.27. The van der Waals surface area contributed by atoms with Crippen LogP contribution in [0, 0.1) is 0 Å². The van der Waals surface area contributed by atoms with Gasteiger partial charge in [0.1, 0.15) is 5.75 Å².